The Labute approximate surface area is 80.9 Å². The van der Waals surface area contributed by atoms with E-state index in [-0.39, 0.29) is 10.6 Å². The molecule has 1 rings (SSSR count). The molecule has 1 aromatic carbocycles. The zero-order valence-corrected chi connectivity index (χ0v) is 8.10. The molecular weight excluding hydrogens is 193 g/mol. The molecule has 0 aromatic heterocycles. The van der Waals surface area contributed by atoms with Crippen molar-refractivity contribution in [1.29, 1.82) is 0 Å². The van der Waals surface area contributed by atoms with E-state index in [0.717, 1.165) is 0 Å². The maximum atomic E-state index is 13.1. The van der Waals surface area contributed by atoms with Crippen molar-refractivity contribution >= 4 is 17.5 Å². The van der Waals surface area contributed by atoms with Gasteiger partial charge in [-0.1, -0.05) is 17.7 Å². The van der Waals surface area contributed by atoms with Crippen LogP contribution in [0.1, 0.15) is 10.4 Å². The van der Waals surface area contributed by atoms with Crippen LogP contribution < -0.4 is 0 Å². The fourth-order valence-electron chi connectivity index (χ4n) is 0.926. The van der Waals surface area contributed by atoms with E-state index >= 15 is 0 Å². The lowest BCUT2D eigenvalue weighted by Gasteiger charge is -2.11. The topological polar surface area (TPSA) is 20.3 Å². The molecule has 0 unspecified atom stereocenters. The average Bonchev–Trinajstić information content (AvgIpc) is 2.03. The van der Waals surface area contributed by atoms with Gasteiger partial charge in [0.1, 0.15) is 5.82 Å². The lowest BCUT2D eigenvalue weighted by molar-refractivity contribution is 0.0823. The zero-order valence-electron chi connectivity index (χ0n) is 7.34. The number of hydrogen-bond donors (Lipinski definition) is 0. The van der Waals surface area contributed by atoms with Gasteiger partial charge in [0.15, 0.2) is 0 Å². The lowest BCUT2D eigenvalue weighted by Crippen LogP contribution is -2.23. The molecule has 1 aromatic rings. The SMILES string of the molecule is CN(C)C(=O)c1c(F)cccc1Cl. The molecule has 0 bridgehead atoms. The number of carbonyl (C=O) groups excluding carboxylic acids is 1. The van der Waals surface area contributed by atoms with Gasteiger partial charge in [-0.25, -0.2) is 4.39 Å². The molecule has 1 amide bonds. The van der Waals surface area contributed by atoms with Gasteiger partial charge in [-0.05, 0) is 12.1 Å². The number of nitrogens with zero attached hydrogens (tertiary/aromatic N) is 1. The third-order valence-corrected chi connectivity index (χ3v) is 1.90. The predicted octanol–water partition coefficient (Wildman–Crippen LogP) is 2.18. The maximum absolute atomic E-state index is 13.1. The van der Waals surface area contributed by atoms with Gasteiger partial charge in [-0.2, -0.15) is 0 Å². The van der Waals surface area contributed by atoms with Gasteiger partial charge in [0.2, 0.25) is 0 Å². The van der Waals surface area contributed by atoms with Crippen LogP contribution in [0.5, 0.6) is 0 Å². The fourth-order valence-corrected chi connectivity index (χ4v) is 1.17. The highest BCUT2D eigenvalue weighted by atomic mass is 35.5. The molecule has 13 heavy (non-hydrogen) atoms. The second-order valence-corrected chi connectivity index (χ2v) is 3.20. The Balaban J connectivity index is 3.20. The normalized spacial score (nSPS) is 9.85. The summed E-state index contributed by atoms with van der Waals surface area (Å²) in [6, 6.07) is 4.16. The molecule has 0 heterocycles. The highest BCUT2D eigenvalue weighted by molar-refractivity contribution is 6.33. The minimum atomic E-state index is -0.591. The number of halogens is 2. The smallest absolute Gasteiger partial charge is 0.257 e. The summed E-state index contributed by atoms with van der Waals surface area (Å²) in [5.41, 5.74) is -0.0748. The van der Waals surface area contributed by atoms with Crippen molar-refractivity contribution < 1.29 is 9.18 Å². The molecule has 0 aliphatic carbocycles. The van der Waals surface area contributed by atoms with Crippen molar-refractivity contribution in [3.63, 3.8) is 0 Å². The van der Waals surface area contributed by atoms with E-state index in [2.05, 4.69) is 0 Å². The van der Waals surface area contributed by atoms with Crippen molar-refractivity contribution in [3.05, 3.63) is 34.6 Å². The molecule has 0 aliphatic rings. The predicted molar refractivity (Wildman–Crippen MR) is 49.4 cm³/mol. The Kier molecular flexibility index (Phi) is 2.88. The summed E-state index contributed by atoms with van der Waals surface area (Å²) in [6.07, 6.45) is 0. The second-order valence-electron chi connectivity index (χ2n) is 2.80. The molecule has 2 nitrogen and oxygen atoms in total. The van der Waals surface area contributed by atoms with Crippen molar-refractivity contribution in [2.75, 3.05) is 14.1 Å². The number of carbonyl (C=O) groups is 1. The molecule has 0 saturated carbocycles. The van der Waals surface area contributed by atoms with Gasteiger partial charge in [-0.15, -0.1) is 0 Å². The Morgan fingerprint density at radius 3 is 2.54 bits per heavy atom. The Hall–Kier alpha value is -1.09. The molecule has 0 spiro atoms. The van der Waals surface area contributed by atoms with Crippen molar-refractivity contribution in [3.8, 4) is 0 Å². The van der Waals surface area contributed by atoms with Crippen molar-refractivity contribution in [2.24, 2.45) is 0 Å². The number of benzene rings is 1. The van der Waals surface area contributed by atoms with Crippen molar-refractivity contribution in [1.82, 2.24) is 4.90 Å². The van der Waals surface area contributed by atoms with Gasteiger partial charge >= 0.3 is 0 Å². The Morgan fingerprint density at radius 2 is 2.08 bits per heavy atom. The highest BCUT2D eigenvalue weighted by Crippen LogP contribution is 2.19. The summed E-state index contributed by atoms with van der Waals surface area (Å²) >= 11 is 5.68. The van der Waals surface area contributed by atoms with Gasteiger partial charge in [0.05, 0.1) is 10.6 Å². The van der Waals surface area contributed by atoms with Crippen LogP contribution in [0.15, 0.2) is 18.2 Å². The van der Waals surface area contributed by atoms with Crippen LogP contribution in [-0.2, 0) is 0 Å². The quantitative estimate of drug-likeness (QED) is 0.682. The van der Waals surface area contributed by atoms with E-state index < -0.39 is 11.7 Å². The van der Waals surface area contributed by atoms with E-state index in [0.29, 0.717) is 0 Å². The summed E-state index contributed by atoms with van der Waals surface area (Å²) in [5.74, 6) is -1.02. The Bertz CT molecular complexity index is 318. The summed E-state index contributed by atoms with van der Waals surface area (Å²) in [5, 5.41) is 0.138. The second kappa shape index (κ2) is 3.75. The molecule has 0 atom stereocenters. The first kappa shape index (κ1) is 9.99. The third kappa shape index (κ3) is 1.98. The van der Waals surface area contributed by atoms with Gasteiger partial charge in [0.25, 0.3) is 5.91 Å². The summed E-state index contributed by atoms with van der Waals surface area (Å²) in [6.45, 7) is 0. The lowest BCUT2D eigenvalue weighted by atomic mass is 10.2. The van der Waals surface area contributed by atoms with Gasteiger partial charge < -0.3 is 4.90 Å². The van der Waals surface area contributed by atoms with Crippen LogP contribution in [0.2, 0.25) is 5.02 Å². The van der Waals surface area contributed by atoms with E-state index in [9.17, 15) is 9.18 Å². The molecular formula is C9H9ClFNO. The molecule has 70 valence electrons. The van der Waals surface area contributed by atoms with Crippen LogP contribution in [0, 0.1) is 5.82 Å². The minimum absolute atomic E-state index is 0.0748. The molecule has 4 heteroatoms. The standard InChI is InChI=1S/C9H9ClFNO/c1-12(2)9(13)8-6(10)4-3-5-7(8)11/h3-5H,1-2H3. The summed E-state index contributed by atoms with van der Waals surface area (Å²) in [4.78, 5) is 12.7. The molecule has 0 aliphatic heterocycles. The van der Waals surface area contributed by atoms with Crippen LogP contribution >= 0.6 is 11.6 Å². The Morgan fingerprint density at radius 1 is 1.46 bits per heavy atom. The highest BCUT2D eigenvalue weighted by Gasteiger charge is 2.16. The number of rotatable bonds is 1. The average molecular weight is 202 g/mol. The molecule has 0 radical (unpaired) electrons. The first-order valence-corrected chi connectivity index (χ1v) is 4.07. The van der Waals surface area contributed by atoms with E-state index in [4.69, 9.17) is 11.6 Å². The number of amides is 1. The minimum Gasteiger partial charge on any atom is -0.345 e. The van der Waals surface area contributed by atoms with Crippen LogP contribution in [0.25, 0.3) is 0 Å². The van der Waals surface area contributed by atoms with E-state index in [1.54, 1.807) is 14.1 Å². The number of hydrogen-bond acceptors (Lipinski definition) is 1. The first-order chi connectivity index (χ1) is 6.04. The summed E-state index contributed by atoms with van der Waals surface area (Å²) in [7, 11) is 3.09. The maximum Gasteiger partial charge on any atom is 0.257 e. The van der Waals surface area contributed by atoms with Crippen LogP contribution in [0.3, 0.4) is 0 Å². The monoisotopic (exact) mass is 201 g/mol. The molecule has 0 N–H and O–H groups in total. The summed E-state index contributed by atoms with van der Waals surface area (Å²) < 4.78 is 13.1. The van der Waals surface area contributed by atoms with E-state index in [1.165, 1.54) is 23.1 Å². The third-order valence-electron chi connectivity index (χ3n) is 1.58. The van der Waals surface area contributed by atoms with E-state index in [1.807, 2.05) is 0 Å². The van der Waals surface area contributed by atoms with Crippen molar-refractivity contribution in [2.45, 2.75) is 0 Å². The molecule has 0 fully saturated rings. The largest absolute Gasteiger partial charge is 0.345 e. The zero-order chi connectivity index (χ0) is 10.0. The first-order valence-electron chi connectivity index (χ1n) is 3.69. The van der Waals surface area contributed by atoms with Gasteiger partial charge in [0, 0.05) is 14.1 Å². The van der Waals surface area contributed by atoms with Gasteiger partial charge in [-0.3, -0.25) is 4.79 Å². The van der Waals surface area contributed by atoms with Crippen LogP contribution in [0.4, 0.5) is 4.39 Å². The molecule has 0 saturated heterocycles. The van der Waals surface area contributed by atoms with Crippen LogP contribution in [-0.4, -0.2) is 24.9 Å². The fraction of sp³-hybridized carbons (Fsp3) is 0.222.